The van der Waals surface area contributed by atoms with Gasteiger partial charge in [0.15, 0.2) is 0 Å². The van der Waals surface area contributed by atoms with Crippen LogP contribution < -0.4 is 0 Å². The fourth-order valence-corrected chi connectivity index (χ4v) is 1.33. The maximum absolute atomic E-state index is 12.1. The smallest absolute Gasteiger partial charge is 0.334 e. The lowest BCUT2D eigenvalue weighted by Crippen LogP contribution is -2.38. The highest BCUT2D eigenvalue weighted by Crippen LogP contribution is 2.19. The third-order valence-corrected chi connectivity index (χ3v) is 2.26. The standard InChI is InChI=1S/C11H12F3NO/c1-8-5-3-4-6-9(8)7-15(2)10(16)11(12,13)14/h3-6H,7H2,1-2H3. The van der Waals surface area contributed by atoms with E-state index in [2.05, 4.69) is 0 Å². The molecule has 0 fully saturated rings. The van der Waals surface area contributed by atoms with Crippen LogP contribution in [0.15, 0.2) is 24.3 Å². The molecule has 0 N–H and O–H groups in total. The summed E-state index contributed by atoms with van der Waals surface area (Å²) in [6.45, 7) is 1.76. The van der Waals surface area contributed by atoms with Crippen LogP contribution in [0.1, 0.15) is 11.1 Å². The number of halogens is 3. The van der Waals surface area contributed by atoms with Crippen LogP contribution in [-0.2, 0) is 11.3 Å². The lowest BCUT2D eigenvalue weighted by molar-refractivity contribution is -0.184. The van der Waals surface area contributed by atoms with Crippen molar-refractivity contribution in [1.82, 2.24) is 4.90 Å². The fraction of sp³-hybridized carbons (Fsp3) is 0.364. The van der Waals surface area contributed by atoms with Gasteiger partial charge in [0, 0.05) is 13.6 Å². The van der Waals surface area contributed by atoms with Gasteiger partial charge in [-0.25, -0.2) is 0 Å². The van der Waals surface area contributed by atoms with E-state index in [4.69, 9.17) is 0 Å². The molecule has 0 heterocycles. The van der Waals surface area contributed by atoms with Crippen LogP contribution in [0.3, 0.4) is 0 Å². The number of carbonyl (C=O) groups excluding carboxylic acids is 1. The molecule has 5 heteroatoms. The number of hydrogen-bond acceptors (Lipinski definition) is 1. The van der Waals surface area contributed by atoms with Gasteiger partial charge in [0.05, 0.1) is 0 Å². The minimum atomic E-state index is -4.81. The molecule has 0 aliphatic heterocycles. The number of nitrogens with zero attached hydrogens (tertiary/aromatic N) is 1. The summed E-state index contributed by atoms with van der Waals surface area (Å²) >= 11 is 0. The molecule has 1 amide bonds. The topological polar surface area (TPSA) is 20.3 Å². The van der Waals surface area contributed by atoms with Crippen molar-refractivity contribution in [3.8, 4) is 0 Å². The highest BCUT2D eigenvalue weighted by atomic mass is 19.4. The van der Waals surface area contributed by atoms with Gasteiger partial charge in [-0.3, -0.25) is 4.79 Å². The SMILES string of the molecule is Cc1ccccc1CN(C)C(=O)C(F)(F)F. The summed E-state index contributed by atoms with van der Waals surface area (Å²) < 4.78 is 36.3. The van der Waals surface area contributed by atoms with Gasteiger partial charge < -0.3 is 4.90 Å². The van der Waals surface area contributed by atoms with Crippen molar-refractivity contribution in [3.63, 3.8) is 0 Å². The Kier molecular flexibility index (Phi) is 3.57. The van der Waals surface area contributed by atoms with E-state index in [0.29, 0.717) is 10.5 Å². The molecular formula is C11H12F3NO. The predicted molar refractivity (Wildman–Crippen MR) is 53.7 cm³/mol. The molecule has 0 radical (unpaired) electrons. The Morgan fingerprint density at radius 2 is 1.88 bits per heavy atom. The van der Waals surface area contributed by atoms with Crippen LogP contribution in [0.4, 0.5) is 13.2 Å². The number of alkyl halides is 3. The van der Waals surface area contributed by atoms with Gasteiger partial charge in [-0.1, -0.05) is 24.3 Å². The van der Waals surface area contributed by atoms with E-state index in [1.54, 1.807) is 31.2 Å². The second-order valence-electron chi connectivity index (χ2n) is 3.59. The fourth-order valence-electron chi connectivity index (χ4n) is 1.33. The van der Waals surface area contributed by atoms with Crippen molar-refractivity contribution in [2.24, 2.45) is 0 Å². The Morgan fingerprint density at radius 3 is 2.38 bits per heavy atom. The van der Waals surface area contributed by atoms with Crippen LogP contribution in [0.5, 0.6) is 0 Å². The maximum Gasteiger partial charge on any atom is 0.471 e. The van der Waals surface area contributed by atoms with E-state index in [9.17, 15) is 18.0 Å². The third-order valence-electron chi connectivity index (χ3n) is 2.26. The molecule has 0 saturated carbocycles. The summed E-state index contributed by atoms with van der Waals surface area (Å²) in [6, 6.07) is 7.02. The van der Waals surface area contributed by atoms with Gasteiger partial charge in [0.2, 0.25) is 0 Å². The Bertz CT molecular complexity index is 387. The van der Waals surface area contributed by atoms with E-state index in [1.807, 2.05) is 0 Å². The molecule has 1 rings (SSSR count). The average Bonchev–Trinajstić information content (AvgIpc) is 2.19. The zero-order valence-corrected chi connectivity index (χ0v) is 9.01. The quantitative estimate of drug-likeness (QED) is 0.765. The van der Waals surface area contributed by atoms with Crippen molar-refractivity contribution in [2.45, 2.75) is 19.6 Å². The normalized spacial score (nSPS) is 11.3. The minimum absolute atomic E-state index is 0.0367. The molecule has 0 aliphatic rings. The van der Waals surface area contributed by atoms with Crippen LogP contribution in [0.2, 0.25) is 0 Å². The van der Waals surface area contributed by atoms with Gasteiger partial charge in [0.1, 0.15) is 0 Å². The first-order valence-electron chi connectivity index (χ1n) is 4.69. The Morgan fingerprint density at radius 1 is 1.31 bits per heavy atom. The average molecular weight is 231 g/mol. The molecule has 0 aliphatic carbocycles. The molecule has 2 nitrogen and oxygen atoms in total. The zero-order valence-electron chi connectivity index (χ0n) is 9.01. The lowest BCUT2D eigenvalue weighted by Gasteiger charge is -2.19. The number of aryl methyl sites for hydroxylation is 1. The van der Waals surface area contributed by atoms with Crippen molar-refractivity contribution in [1.29, 1.82) is 0 Å². The highest BCUT2D eigenvalue weighted by molar-refractivity contribution is 5.81. The predicted octanol–water partition coefficient (Wildman–Crippen LogP) is 2.52. The van der Waals surface area contributed by atoms with Crippen LogP contribution in [0.25, 0.3) is 0 Å². The monoisotopic (exact) mass is 231 g/mol. The number of carbonyl (C=O) groups is 1. The molecule has 0 unspecified atom stereocenters. The first-order chi connectivity index (χ1) is 7.32. The number of rotatable bonds is 2. The van der Waals surface area contributed by atoms with Gasteiger partial charge >= 0.3 is 12.1 Å². The minimum Gasteiger partial charge on any atom is -0.334 e. The molecule has 16 heavy (non-hydrogen) atoms. The van der Waals surface area contributed by atoms with E-state index >= 15 is 0 Å². The summed E-state index contributed by atoms with van der Waals surface area (Å²) in [5.74, 6) is -1.82. The van der Waals surface area contributed by atoms with Crippen LogP contribution >= 0.6 is 0 Å². The van der Waals surface area contributed by atoms with Gasteiger partial charge in [-0.15, -0.1) is 0 Å². The van der Waals surface area contributed by atoms with Gasteiger partial charge in [-0.05, 0) is 18.1 Å². The van der Waals surface area contributed by atoms with Crippen molar-refractivity contribution < 1.29 is 18.0 Å². The van der Waals surface area contributed by atoms with Crippen molar-refractivity contribution >= 4 is 5.91 Å². The molecule has 0 aromatic heterocycles. The maximum atomic E-state index is 12.1. The highest BCUT2D eigenvalue weighted by Gasteiger charge is 2.41. The number of amides is 1. The first kappa shape index (κ1) is 12.5. The van der Waals surface area contributed by atoms with Crippen molar-refractivity contribution in [2.75, 3.05) is 7.05 Å². The molecule has 0 atom stereocenters. The summed E-state index contributed by atoms with van der Waals surface area (Å²) in [5, 5.41) is 0. The second-order valence-corrected chi connectivity index (χ2v) is 3.59. The molecule has 0 saturated heterocycles. The van der Waals surface area contributed by atoms with Crippen LogP contribution in [0, 0.1) is 6.92 Å². The van der Waals surface area contributed by atoms with Crippen molar-refractivity contribution in [3.05, 3.63) is 35.4 Å². The molecular weight excluding hydrogens is 219 g/mol. The molecule has 88 valence electrons. The summed E-state index contributed by atoms with van der Waals surface area (Å²) in [4.78, 5) is 11.6. The van der Waals surface area contributed by atoms with E-state index in [0.717, 1.165) is 12.6 Å². The van der Waals surface area contributed by atoms with Gasteiger partial charge in [-0.2, -0.15) is 13.2 Å². The third kappa shape index (κ3) is 2.98. The molecule has 1 aromatic rings. The first-order valence-corrected chi connectivity index (χ1v) is 4.69. The van der Waals surface area contributed by atoms with E-state index in [-0.39, 0.29) is 6.54 Å². The van der Waals surface area contributed by atoms with Crippen LogP contribution in [-0.4, -0.2) is 24.0 Å². The summed E-state index contributed by atoms with van der Waals surface area (Å²) in [5.41, 5.74) is 1.58. The molecule has 1 aromatic carbocycles. The van der Waals surface area contributed by atoms with E-state index in [1.165, 1.54) is 0 Å². The molecule has 0 bridgehead atoms. The number of benzene rings is 1. The van der Waals surface area contributed by atoms with Gasteiger partial charge in [0.25, 0.3) is 0 Å². The zero-order chi connectivity index (χ0) is 12.3. The summed E-state index contributed by atoms with van der Waals surface area (Å²) in [6.07, 6.45) is -4.81. The van der Waals surface area contributed by atoms with E-state index < -0.39 is 12.1 Å². The number of hydrogen-bond donors (Lipinski definition) is 0. The molecule has 0 spiro atoms. The largest absolute Gasteiger partial charge is 0.471 e. The summed E-state index contributed by atoms with van der Waals surface area (Å²) in [7, 11) is 1.14. The Balaban J connectivity index is 2.76. The Labute approximate surface area is 91.7 Å². The second kappa shape index (κ2) is 4.55. The Hall–Kier alpha value is -1.52. The lowest BCUT2D eigenvalue weighted by atomic mass is 10.1.